The number of nitrogens with one attached hydrogen (secondary N) is 1. The zero-order valence-corrected chi connectivity index (χ0v) is 15.3. The lowest BCUT2D eigenvalue weighted by Crippen LogP contribution is -2.44. The molecule has 1 heterocycles. The molecule has 2 rings (SSSR count). The molecule has 0 aliphatic carbocycles. The average molecular weight is 359 g/mol. The molecule has 1 aliphatic heterocycles. The SMILES string of the molecule is CCC(C)(CC)NS(=O)(=O)c1ccc(OC2CCOCC2)c(F)c1. The summed E-state index contributed by atoms with van der Waals surface area (Å²) in [6.45, 7) is 6.85. The van der Waals surface area contributed by atoms with Crippen molar-refractivity contribution in [1.82, 2.24) is 4.72 Å². The number of benzene rings is 1. The van der Waals surface area contributed by atoms with Gasteiger partial charge in [-0.05, 0) is 38.0 Å². The van der Waals surface area contributed by atoms with Crippen LogP contribution in [0.2, 0.25) is 0 Å². The highest BCUT2D eigenvalue weighted by Crippen LogP contribution is 2.26. The van der Waals surface area contributed by atoms with Crippen LogP contribution >= 0.6 is 0 Å². The Morgan fingerprint density at radius 2 is 1.92 bits per heavy atom. The summed E-state index contributed by atoms with van der Waals surface area (Å²) in [6, 6.07) is 3.78. The number of sulfonamides is 1. The van der Waals surface area contributed by atoms with Gasteiger partial charge in [0.1, 0.15) is 6.10 Å². The Morgan fingerprint density at radius 1 is 1.29 bits per heavy atom. The molecule has 1 N–H and O–H groups in total. The lowest BCUT2D eigenvalue weighted by atomic mass is 9.98. The van der Waals surface area contributed by atoms with Crippen molar-refractivity contribution in [3.8, 4) is 5.75 Å². The maximum Gasteiger partial charge on any atom is 0.241 e. The molecule has 1 aromatic carbocycles. The van der Waals surface area contributed by atoms with Gasteiger partial charge in [0.25, 0.3) is 0 Å². The maximum atomic E-state index is 14.3. The van der Waals surface area contributed by atoms with Crippen LogP contribution in [0.4, 0.5) is 4.39 Å². The second-order valence-corrected chi connectivity index (χ2v) is 8.08. The van der Waals surface area contributed by atoms with Crippen LogP contribution in [-0.2, 0) is 14.8 Å². The van der Waals surface area contributed by atoms with E-state index in [1.165, 1.54) is 12.1 Å². The first-order chi connectivity index (χ1) is 11.3. The summed E-state index contributed by atoms with van der Waals surface area (Å²) in [5.41, 5.74) is -0.549. The third kappa shape index (κ3) is 4.68. The van der Waals surface area contributed by atoms with Crippen LogP contribution in [-0.4, -0.2) is 33.3 Å². The largest absolute Gasteiger partial charge is 0.487 e. The van der Waals surface area contributed by atoms with Crippen molar-refractivity contribution >= 4 is 10.0 Å². The molecule has 1 fully saturated rings. The number of halogens is 1. The molecule has 0 saturated carbocycles. The van der Waals surface area contributed by atoms with E-state index in [1.54, 1.807) is 0 Å². The summed E-state index contributed by atoms with van der Waals surface area (Å²) >= 11 is 0. The molecule has 1 aliphatic rings. The summed E-state index contributed by atoms with van der Waals surface area (Å²) in [4.78, 5) is -0.0903. The molecule has 1 aromatic rings. The van der Waals surface area contributed by atoms with Gasteiger partial charge in [0, 0.05) is 18.4 Å². The summed E-state index contributed by atoms with van der Waals surface area (Å²) in [5, 5.41) is 0. The minimum Gasteiger partial charge on any atom is -0.487 e. The van der Waals surface area contributed by atoms with Gasteiger partial charge in [-0.2, -0.15) is 0 Å². The highest BCUT2D eigenvalue weighted by Gasteiger charge is 2.28. The van der Waals surface area contributed by atoms with Crippen LogP contribution in [0.5, 0.6) is 5.75 Å². The van der Waals surface area contributed by atoms with Crippen LogP contribution in [0.25, 0.3) is 0 Å². The molecule has 0 amide bonds. The smallest absolute Gasteiger partial charge is 0.241 e. The first kappa shape index (κ1) is 19.1. The molecule has 0 unspecified atom stereocenters. The minimum atomic E-state index is -3.78. The number of hydrogen-bond donors (Lipinski definition) is 1. The van der Waals surface area contributed by atoms with Gasteiger partial charge < -0.3 is 9.47 Å². The fourth-order valence-electron chi connectivity index (χ4n) is 2.50. The van der Waals surface area contributed by atoms with E-state index >= 15 is 0 Å². The van der Waals surface area contributed by atoms with Crippen LogP contribution in [0, 0.1) is 5.82 Å². The van der Waals surface area contributed by atoms with Gasteiger partial charge in [-0.25, -0.2) is 17.5 Å². The maximum absolute atomic E-state index is 14.3. The fraction of sp³-hybridized carbons (Fsp3) is 0.647. The normalized spacial score (nSPS) is 17.0. The Balaban J connectivity index is 2.15. The topological polar surface area (TPSA) is 64.6 Å². The van der Waals surface area contributed by atoms with E-state index in [4.69, 9.17) is 9.47 Å². The van der Waals surface area contributed by atoms with Crippen molar-refractivity contribution in [2.75, 3.05) is 13.2 Å². The van der Waals surface area contributed by atoms with Gasteiger partial charge in [0.05, 0.1) is 18.1 Å². The van der Waals surface area contributed by atoms with Crippen LogP contribution < -0.4 is 9.46 Å². The molecule has 1 saturated heterocycles. The van der Waals surface area contributed by atoms with Crippen molar-refractivity contribution in [2.45, 2.75) is 63.0 Å². The van der Waals surface area contributed by atoms with E-state index in [1.807, 2.05) is 20.8 Å². The summed E-state index contributed by atoms with van der Waals surface area (Å²) in [5.74, 6) is -0.589. The molecule has 0 bridgehead atoms. The van der Waals surface area contributed by atoms with Gasteiger partial charge in [-0.15, -0.1) is 0 Å². The Kier molecular flexibility index (Phi) is 6.22. The lowest BCUT2D eigenvalue weighted by molar-refractivity contribution is 0.0240. The summed E-state index contributed by atoms with van der Waals surface area (Å²) < 4.78 is 52.8. The molecule has 24 heavy (non-hydrogen) atoms. The fourth-order valence-corrected chi connectivity index (χ4v) is 4.06. The highest BCUT2D eigenvalue weighted by molar-refractivity contribution is 7.89. The first-order valence-corrected chi connectivity index (χ1v) is 9.86. The summed E-state index contributed by atoms with van der Waals surface area (Å²) in [6.07, 6.45) is 2.60. The minimum absolute atomic E-state index is 0.0783. The van der Waals surface area contributed by atoms with Crippen LogP contribution in [0.1, 0.15) is 46.5 Å². The molecule has 0 atom stereocenters. The molecule has 0 spiro atoms. The zero-order chi connectivity index (χ0) is 17.8. The molecule has 0 radical (unpaired) electrons. The van der Waals surface area contributed by atoms with Crippen molar-refractivity contribution in [3.05, 3.63) is 24.0 Å². The molecular weight excluding hydrogens is 333 g/mol. The highest BCUT2D eigenvalue weighted by atomic mass is 32.2. The van der Waals surface area contributed by atoms with Gasteiger partial charge in [0.2, 0.25) is 10.0 Å². The Bertz CT molecular complexity index is 653. The van der Waals surface area contributed by atoms with E-state index in [0.717, 1.165) is 6.07 Å². The third-order valence-electron chi connectivity index (χ3n) is 4.62. The Morgan fingerprint density at radius 3 is 2.46 bits per heavy atom. The van der Waals surface area contributed by atoms with Crippen molar-refractivity contribution in [1.29, 1.82) is 0 Å². The summed E-state index contributed by atoms with van der Waals surface area (Å²) in [7, 11) is -3.78. The molecular formula is C17H26FNO4S. The van der Waals surface area contributed by atoms with Gasteiger partial charge in [-0.3, -0.25) is 0 Å². The number of ether oxygens (including phenoxy) is 2. The predicted octanol–water partition coefficient (Wildman–Crippen LogP) is 3.24. The second kappa shape index (κ2) is 7.80. The van der Waals surface area contributed by atoms with Gasteiger partial charge >= 0.3 is 0 Å². The van der Waals surface area contributed by atoms with E-state index < -0.39 is 21.4 Å². The third-order valence-corrected chi connectivity index (χ3v) is 6.25. The molecule has 0 aromatic heterocycles. The van der Waals surface area contributed by atoms with E-state index in [0.29, 0.717) is 38.9 Å². The van der Waals surface area contributed by atoms with E-state index in [2.05, 4.69) is 4.72 Å². The molecule has 136 valence electrons. The predicted molar refractivity (Wildman–Crippen MR) is 90.2 cm³/mol. The van der Waals surface area contributed by atoms with Crippen molar-refractivity contribution in [3.63, 3.8) is 0 Å². The quantitative estimate of drug-likeness (QED) is 0.812. The van der Waals surface area contributed by atoms with Gasteiger partial charge in [0.15, 0.2) is 11.6 Å². The first-order valence-electron chi connectivity index (χ1n) is 8.37. The number of hydrogen-bond acceptors (Lipinski definition) is 4. The molecule has 7 heteroatoms. The van der Waals surface area contributed by atoms with E-state index in [-0.39, 0.29) is 16.7 Å². The van der Waals surface area contributed by atoms with Crippen LogP contribution in [0.15, 0.2) is 23.1 Å². The monoisotopic (exact) mass is 359 g/mol. The van der Waals surface area contributed by atoms with Gasteiger partial charge in [-0.1, -0.05) is 13.8 Å². The molecule has 5 nitrogen and oxygen atoms in total. The Hall–Kier alpha value is -1.18. The van der Waals surface area contributed by atoms with Crippen molar-refractivity contribution in [2.24, 2.45) is 0 Å². The average Bonchev–Trinajstić information content (AvgIpc) is 2.57. The number of rotatable bonds is 7. The van der Waals surface area contributed by atoms with Crippen LogP contribution in [0.3, 0.4) is 0 Å². The van der Waals surface area contributed by atoms with Crippen molar-refractivity contribution < 1.29 is 22.3 Å². The standard InChI is InChI=1S/C17H26FNO4S/c1-4-17(3,5-2)19-24(20,21)14-6-7-16(15(18)12-14)23-13-8-10-22-11-9-13/h6-7,12-13,19H,4-5,8-11H2,1-3H3. The van der Waals surface area contributed by atoms with E-state index in [9.17, 15) is 12.8 Å². The lowest BCUT2D eigenvalue weighted by Gasteiger charge is -2.28. The second-order valence-electron chi connectivity index (χ2n) is 6.40. The Labute approximate surface area is 143 Å². The zero-order valence-electron chi connectivity index (χ0n) is 14.5.